The zero-order valence-electron chi connectivity index (χ0n) is 32.3. The second kappa shape index (κ2) is 15.0. The Balaban J connectivity index is 0.000000136. The molecule has 0 spiro atoms. The summed E-state index contributed by atoms with van der Waals surface area (Å²) in [6.45, 7) is 13.5. The predicted octanol–water partition coefficient (Wildman–Crippen LogP) is 16.3. The number of benzene rings is 6. The summed E-state index contributed by atoms with van der Waals surface area (Å²) in [5.74, 6) is 0.345. The summed E-state index contributed by atoms with van der Waals surface area (Å²) in [5.41, 5.74) is 8.66. The van der Waals surface area contributed by atoms with Crippen molar-refractivity contribution in [1.29, 1.82) is 0 Å². The first kappa shape index (κ1) is 39.3. The maximum atomic E-state index is 10.2. The normalized spacial score (nSPS) is 12.1. The number of nitrogens with one attached hydrogen (secondary N) is 1. The molecule has 4 nitrogen and oxygen atoms in total. The van der Waals surface area contributed by atoms with Gasteiger partial charge in [0.25, 0.3) is 0 Å². The molecule has 0 bridgehead atoms. The first-order valence-corrected chi connectivity index (χ1v) is 21.8. The fourth-order valence-corrected chi connectivity index (χ4v) is 10.7. The minimum absolute atomic E-state index is 0.0770. The summed E-state index contributed by atoms with van der Waals surface area (Å²) in [6.07, 6.45) is 0. The summed E-state index contributed by atoms with van der Waals surface area (Å²) in [6, 6.07) is 40.6. The number of phenols is 2. The highest BCUT2D eigenvalue weighted by atomic mass is 79.9. The average Bonchev–Trinajstić information content (AvgIpc) is 3.87. The predicted molar refractivity (Wildman–Crippen MR) is 252 cm³/mol. The molecule has 0 saturated carbocycles. The molecule has 0 radical (unpaired) electrons. The minimum atomic E-state index is 0.0770. The van der Waals surface area contributed by atoms with Gasteiger partial charge in [-0.05, 0) is 88.7 Å². The molecule has 0 aliphatic carbocycles. The van der Waals surface area contributed by atoms with Crippen LogP contribution in [-0.4, -0.2) is 19.8 Å². The van der Waals surface area contributed by atoms with E-state index in [1.165, 1.54) is 74.1 Å². The third-order valence-electron chi connectivity index (χ3n) is 10.1. The van der Waals surface area contributed by atoms with Crippen LogP contribution in [0.25, 0.3) is 68.1 Å². The third kappa shape index (κ3) is 7.76. The van der Waals surface area contributed by atoms with Gasteiger partial charge < -0.3 is 19.8 Å². The van der Waals surface area contributed by atoms with E-state index in [9.17, 15) is 5.11 Å². The molecule has 6 aromatic carbocycles. The monoisotopic (exact) mass is 890 g/mol. The number of phenolic OH excluding ortho intramolecular Hbond substituents is 2. The lowest BCUT2D eigenvalue weighted by Crippen LogP contribution is -2.10. The second-order valence-electron chi connectivity index (χ2n) is 16.3. The Kier molecular flexibility index (Phi) is 10.4. The lowest BCUT2D eigenvalue weighted by molar-refractivity contribution is 0.474. The van der Waals surface area contributed by atoms with Crippen molar-refractivity contribution in [3.63, 3.8) is 0 Å². The van der Waals surface area contributed by atoms with Crippen LogP contribution in [0.15, 0.2) is 126 Å². The molecule has 0 unspecified atom stereocenters. The SMILES string of the molecule is CC(C)(C)c1ccc2[nH]c3c4ccccc4sc3c2c1.CC(C)(C)c1ccc2c(c1)c1sc3ccccc3c1n2-c1cc(O)cc(Cl)c1.Oc1cc(Cl)cc(Br)c1. The first-order valence-electron chi connectivity index (χ1n) is 18.6. The first-order chi connectivity index (χ1) is 27.0. The number of rotatable bonds is 1. The van der Waals surface area contributed by atoms with E-state index in [1.54, 1.807) is 24.3 Å². The zero-order chi connectivity index (χ0) is 40.4. The van der Waals surface area contributed by atoms with Gasteiger partial charge in [-0.2, -0.15) is 0 Å². The van der Waals surface area contributed by atoms with Crippen LogP contribution in [-0.2, 0) is 10.8 Å². The van der Waals surface area contributed by atoms with E-state index < -0.39 is 0 Å². The van der Waals surface area contributed by atoms with Crippen LogP contribution in [0.3, 0.4) is 0 Å². The van der Waals surface area contributed by atoms with Crippen molar-refractivity contribution >= 4 is 124 Å². The highest BCUT2D eigenvalue weighted by Gasteiger charge is 2.22. The number of H-pyrrole nitrogens is 1. The standard InChI is InChI=1S/C24H20ClNOS.C18H17NS.C6H4BrClO/c1-24(2,3)14-8-9-20-19(10-14)23-22(18-6-4-5-7-21(18)28-23)26(20)16-11-15(25)12-17(27)13-16;1-18(2,3)11-8-9-14-13(10-11)17-16(19-14)12-6-4-5-7-15(12)20-17;7-4-1-5(8)3-6(9)2-4/h4-13,27H,1-3H3;4-10,19H,1-3H3;1-3,9H. The van der Waals surface area contributed by atoms with E-state index in [4.69, 9.17) is 28.3 Å². The smallest absolute Gasteiger partial charge is 0.119 e. The van der Waals surface area contributed by atoms with E-state index in [0.717, 1.165) is 15.7 Å². The van der Waals surface area contributed by atoms with Crippen LogP contribution in [0.2, 0.25) is 10.0 Å². The lowest BCUT2D eigenvalue weighted by Gasteiger charge is -2.19. The number of hydrogen-bond acceptors (Lipinski definition) is 4. The number of thiophene rings is 2. The Bertz CT molecular complexity index is 3050. The van der Waals surface area contributed by atoms with Gasteiger partial charge in [0.2, 0.25) is 0 Å². The van der Waals surface area contributed by atoms with Crippen LogP contribution in [0, 0.1) is 0 Å². The van der Waals surface area contributed by atoms with E-state index in [0.29, 0.717) is 10.0 Å². The van der Waals surface area contributed by atoms with Crippen molar-refractivity contribution in [1.82, 2.24) is 9.55 Å². The molecule has 4 aromatic heterocycles. The van der Waals surface area contributed by atoms with Crippen LogP contribution in [0.5, 0.6) is 11.5 Å². The van der Waals surface area contributed by atoms with Crippen molar-refractivity contribution in [2.24, 2.45) is 0 Å². The summed E-state index contributed by atoms with van der Waals surface area (Å²) in [4.78, 5) is 3.59. The highest BCUT2D eigenvalue weighted by molar-refractivity contribution is 9.10. The molecule has 10 aromatic rings. The maximum absolute atomic E-state index is 10.2. The van der Waals surface area contributed by atoms with Crippen LogP contribution < -0.4 is 0 Å². The molecular formula is C48H41BrCl2N2O2S2. The third-order valence-corrected chi connectivity index (χ3v) is 13.4. The van der Waals surface area contributed by atoms with Crippen molar-refractivity contribution < 1.29 is 10.2 Å². The average molecular weight is 893 g/mol. The van der Waals surface area contributed by atoms with Gasteiger partial charge >= 0.3 is 0 Å². The minimum Gasteiger partial charge on any atom is -0.508 e. The summed E-state index contributed by atoms with van der Waals surface area (Å²) in [7, 11) is 0. The van der Waals surface area contributed by atoms with Gasteiger partial charge in [0.05, 0.1) is 31.6 Å². The zero-order valence-corrected chi connectivity index (χ0v) is 37.1. The van der Waals surface area contributed by atoms with E-state index in [2.05, 4.69) is 152 Å². The molecule has 0 aliphatic heterocycles. The number of nitrogens with zero attached hydrogens (tertiary/aromatic N) is 1. The molecule has 4 heterocycles. The molecule has 0 saturated heterocycles. The summed E-state index contributed by atoms with van der Waals surface area (Å²) < 4.78 is 8.27. The molecule has 0 atom stereocenters. The molecule has 0 aliphatic rings. The Hall–Kier alpha value is -4.50. The van der Waals surface area contributed by atoms with E-state index >= 15 is 0 Å². The van der Waals surface area contributed by atoms with Gasteiger partial charge in [0.15, 0.2) is 0 Å². The van der Waals surface area contributed by atoms with Gasteiger partial charge in [-0.3, -0.25) is 0 Å². The van der Waals surface area contributed by atoms with Gasteiger partial charge in [0, 0.05) is 57.0 Å². The maximum Gasteiger partial charge on any atom is 0.119 e. The van der Waals surface area contributed by atoms with Crippen LogP contribution in [0.1, 0.15) is 52.7 Å². The van der Waals surface area contributed by atoms with Gasteiger partial charge in [-0.25, -0.2) is 0 Å². The quantitative estimate of drug-likeness (QED) is 0.154. The Labute approximate surface area is 358 Å². The summed E-state index contributed by atoms with van der Waals surface area (Å²) in [5, 5.41) is 25.2. The van der Waals surface area contributed by atoms with E-state index in [-0.39, 0.29) is 22.3 Å². The van der Waals surface area contributed by atoms with Crippen molar-refractivity contribution in [3.8, 4) is 17.2 Å². The molecule has 0 amide bonds. The molecule has 3 N–H and O–H groups in total. The topological polar surface area (TPSA) is 61.2 Å². The lowest BCUT2D eigenvalue weighted by atomic mass is 9.86. The molecule has 288 valence electrons. The van der Waals surface area contributed by atoms with Gasteiger partial charge in [-0.1, -0.05) is 129 Å². The van der Waals surface area contributed by atoms with Crippen molar-refractivity contribution in [2.75, 3.05) is 0 Å². The number of hydrogen-bond donors (Lipinski definition) is 3. The molecular weight excluding hydrogens is 851 g/mol. The van der Waals surface area contributed by atoms with Crippen molar-refractivity contribution in [2.45, 2.75) is 52.4 Å². The second-order valence-corrected chi connectivity index (χ2v) is 20.2. The fourth-order valence-electron chi connectivity index (χ4n) is 7.23. The van der Waals surface area contributed by atoms with Crippen LogP contribution in [0.4, 0.5) is 0 Å². The number of halogens is 3. The molecule has 9 heteroatoms. The number of aromatic nitrogens is 2. The highest BCUT2D eigenvalue weighted by Crippen LogP contribution is 2.44. The Morgan fingerprint density at radius 3 is 1.77 bits per heavy atom. The van der Waals surface area contributed by atoms with E-state index in [1.807, 2.05) is 28.7 Å². The Morgan fingerprint density at radius 1 is 0.579 bits per heavy atom. The summed E-state index contributed by atoms with van der Waals surface area (Å²) >= 11 is 18.7. The molecule has 57 heavy (non-hydrogen) atoms. The number of fused-ring (bicyclic) bond motifs is 10. The molecule has 10 rings (SSSR count). The van der Waals surface area contributed by atoms with Gasteiger partial charge in [-0.15, -0.1) is 22.7 Å². The van der Waals surface area contributed by atoms with Gasteiger partial charge in [0.1, 0.15) is 11.5 Å². The van der Waals surface area contributed by atoms with Crippen molar-refractivity contribution in [3.05, 3.63) is 147 Å². The fraction of sp³-hybridized carbons (Fsp3) is 0.167. The molecule has 0 fully saturated rings. The Morgan fingerprint density at radius 2 is 1.14 bits per heavy atom. The largest absolute Gasteiger partial charge is 0.508 e. The number of aromatic amines is 1. The van der Waals surface area contributed by atoms with Crippen LogP contribution >= 0.6 is 61.8 Å². The number of aromatic hydroxyl groups is 2.